The first-order valence-corrected chi connectivity index (χ1v) is 6.07. The number of hydrogen-bond donors (Lipinski definition) is 1. The summed E-state index contributed by atoms with van der Waals surface area (Å²) in [5, 5.41) is 27.9. The number of nitrogens with zero attached hydrogens (tertiary/aromatic N) is 7. The van der Waals surface area contributed by atoms with Gasteiger partial charge >= 0.3 is 5.97 Å². The monoisotopic (exact) mass is 281 g/mol. The average Bonchev–Trinajstić information content (AvgIpc) is 3.00. The SMILES string of the molecule is CCCn1nnnc1Cn1nnc(C(=O)O)c1COC. The van der Waals surface area contributed by atoms with Gasteiger partial charge in [-0.25, -0.2) is 14.2 Å². The van der Waals surface area contributed by atoms with E-state index in [1.807, 2.05) is 6.92 Å². The number of carboxylic acid groups (broad SMARTS) is 1. The summed E-state index contributed by atoms with van der Waals surface area (Å²) in [5.74, 6) is -0.553. The first kappa shape index (κ1) is 14.1. The highest BCUT2D eigenvalue weighted by Gasteiger charge is 2.20. The number of rotatable bonds is 7. The topological polar surface area (TPSA) is 121 Å². The molecule has 0 aliphatic carbocycles. The van der Waals surface area contributed by atoms with Crippen molar-refractivity contribution in [2.45, 2.75) is 33.0 Å². The van der Waals surface area contributed by atoms with Gasteiger partial charge in [-0.3, -0.25) is 0 Å². The summed E-state index contributed by atoms with van der Waals surface area (Å²) in [6.45, 7) is 3.04. The van der Waals surface area contributed by atoms with Crippen molar-refractivity contribution < 1.29 is 14.6 Å². The molecular weight excluding hydrogens is 266 g/mol. The largest absolute Gasteiger partial charge is 0.476 e. The highest BCUT2D eigenvalue weighted by atomic mass is 16.5. The molecule has 0 saturated heterocycles. The molecule has 0 radical (unpaired) electrons. The average molecular weight is 281 g/mol. The minimum atomic E-state index is -1.14. The van der Waals surface area contributed by atoms with Crippen LogP contribution < -0.4 is 0 Å². The summed E-state index contributed by atoms with van der Waals surface area (Å²) in [5.41, 5.74) is 0.257. The molecule has 0 saturated carbocycles. The Morgan fingerprint density at radius 3 is 2.75 bits per heavy atom. The number of aromatic carboxylic acids is 1. The molecule has 0 unspecified atom stereocenters. The zero-order valence-corrected chi connectivity index (χ0v) is 11.2. The number of methoxy groups -OCH3 is 1. The van der Waals surface area contributed by atoms with Gasteiger partial charge < -0.3 is 9.84 Å². The maximum absolute atomic E-state index is 11.1. The van der Waals surface area contributed by atoms with E-state index in [1.54, 1.807) is 4.68 Å². The fourth-order valence-corrected chi connectivity index (χ4v) is 1.76. The summed E-state index contributed by atoms with van der Waals surface area (Å²) < 4.78 is 8.08. The van der Waals surface area contributed by atoms with Gasteiger partial charge in [0.25, 0.3) is 0 Å². The van der Waals surface area contributed by atoms with Crippen LogP contribution in [0.5, 0.6) is 0 Å². The molecule has 10 heteroatoms. The molecule has 0 spiro atoms. The van der Waals surface area contributed by atoms with Crippen LogP contribution >= 0.6 is 0 Å². The van der Waals surface area contributed by atoms with Crippen LogP contribution in [0.1, 0.15) is 35.4 Å². The van der Waals surface area contributed by atoms with E-state index in [2.05, 4.69) is 25.8 Å². The third-order valence-corrected chi connectivity index (χ3v) is 2.65. The predicted molar refractivity (Wildman–Crippen MR) is 64.9 cm³/mol. The fraction of sp³-hybridized carbons (Fsp3) is 0.600. The quantitative estimate of drug-likeness (QED) is 0.725. The molecule has 0 amide bonds. The lowest BCUT2D eigenvalue weighted by Gasteiger charge is -2.06. The summed E-state index contributed by atoms with van der Waals surface area (Å²) >= 11 is 0. The molecule has 20 heavy (non-hydrogen) atoms. The van der Waals surface area contributed by atoms with Crippen molar-refractivity contribution in [2.75, 3.05) is 7.11 Å². The van der Waals surface area contributed by atoms with Crippen molar-refractivity contribution in [3.63, 3.8) is 0 Å². The number of aryl methyl sites for hydroxylation is 1. The van der Waals surface area contributed by atoms with E-state index in [-0.39, 0.29) is 18.8 Å². The Morgan fingerprint density at radius 2 is 2.10 bits per heavy atom. The lowest BCUT2D eigenvalue weighted by atomic mass is 10.3. The van der Waals surface area contributed by atoms with Gasteiger partial charge in [-0.05, 0) is 16.8 Å². The number of ether oxygens (including phenoxy) is 1. The van der Waals surface area contributed by atoms with Gasteiger partial charge in [-0.1, -0.05) is 12.1 Å². The molecule has 2 heterocycles. The van der Waals surface area contributed by atoms with Crippen LogP contribution in [-0.2, 0) is 24.4 Å². The molecule has 0 aromatic carbocycles. The maximum atomic E-state index is 11.1. The Bertz CT molecular complexity index is 591. The van der Waals surface area contributed by atoms with Gasteiger partial charge in [0.1, 0.15) is 6.54 Å². The van der Waals surface area contributed by atoms with Gasteiger partial charge in [0.05, 0.1) is 12.3 Å². The second-order valence-corrected chi connectivity index (χ2v) is 4.10. The van der Waals surface area contributed by atoms with Crippen molar-refractivity contribution >= 4 is 5.97 Å². The first-order chi connectivity index (χ1) is 9.67. The molecule has 2 aromatic heterocycles. The molecule has 0 aliphatic rings. The first-order valence-electron chi connectivity index (χ1n) is 6.07. The summed E-state index contributed by atoms with van der Waals surface area (Å²) in [7, 11) is 1.48. The Morgan fingerprint density at radius 1 is 1.30 bits per heavy atom. The van der Waals surface area contributed by atoms with Crippen molar-refractivity contribution in [3.8, 4) is 0 Å². The predicted octanol–water partition coefficient (Wildman–Crippen LogP) is -0.432. The number of carboxylic acids is 1. The van der Waals surface area contributed by atoms with Crippen molar-refractivity contribution in [1.29, 1.82) is 0 Å². The molecule has 2 aromatic rings. The second kappa shape index (κ2) is 6.19. The molecule has 2 rings (SSSR count). The maximum Gasteiger partial charge on any atom is 0.358 e. The second-order valence-electron chi connectivity index (χ2n) is 4.10. The van der Waals surface area contributed by atoms with E-state index in [0.717, 1.165) is 6.42 Å². The number of hydrogen-bond acceptors (Lipinski definition) is 7. The lowest BCUT2D eigenvalue weighted by molar-refractivity contribution is 0.0684. The molecular formula is C10H15N7O3. The highest BCUT2D eigenvalue weighted by Crippen LogP contribution is 2.09. The summed E-state index contributed by atoms with van der Waals surface area (Å²) in [6.07, 6.45) is 0.890. The molecule has 0 atom stereocenters. The Labute approximate surface area is 114 Å². The van der Waals surface area contributed by atoms with E-state index in [1.165, 1.54) is 11.8 Å². The molecule has 108 valence electrons. The molecule has 0 bridgehead atoms. The van der Waals surface area contributed by atoms with E-state index in [0.29, 0.717) is 18.1 Å². The molecule has 10 nitrogen and oxygen atoms in total. The smallest absolute Gasteiger partial charge is 0.358 e. The van der Waals surface area contributed by atoms with Crippen LogP contribution in [0.4, 0.5) is 0 Å². The van der Waals surface area contributed by atoms with Crippen LogP contribution in [0.2, 0.25) is 0 Å². The Balaban J connectivity index is 2.28. The van der Waals surface area contributed by atoms with Crippen molar-refractivity contribution in [2.24, 2.45) is 0 Å². The minimum Gasteiger partial charge on any atom is -0.476 e. The third kappa shape index (κ3) is 2.79. The Kier molecular flexibility index (Phi) is 4.35. The van der Waals surface area contributed by atoms with E-state index >= 15 is 0 Å². The molecule has 0 aliphatic heterocycles. The standard InChI is InChI=1S/C10H15N7O3/c1-3-4-16-8(11-13-15-16)5-17-7(6-20-2)9(10(18)19)12-14-17/h3-6H2,1-2H3,(H,18,19). The van der Waals surface area contributed by atoms with E-state index in [4.69, 9.17) is 9.84 Å². The summed E-state index contributed by atoms with van der Waals surface area (Å²) in [6, 6.07) is 0. The van der Waals surface area contributed by atoms with E-state index in [9.17, 15) is 4.79 Å². The molecule has 0 fully saturated rings. The van der Waals surface area contributed by atoms with Gasteiger partial charge in [-0.2, -0.15) is 0 Å². The number of aromatic nitrogens is 7. The minimum absolute atomic E-state index is 0.101. The van der Waals surface area contributed by atoms with Crippen molar-refractivity contribution in [3.05, 3.63) is 17.2 Å². The van der Waals surface area contributed by atoms with E-state index < -0.39 is 5.97 Å². The van der Waals surface area contributed by atoms with Crippen molar-refractivity contribution in [1.82, 2.24) is 35.2 Å². The Hall–Kier alpha value is -2.36. The zero-order valence-electron chi connectivity index (χ0n) is 11.2. The van der Waals surface area contributed by atoms with Gasteiger partial charge in [0.2, 0.25) is 0 Å². The van der Waals surface area contributed by atoms with Crippen LogP contribution in [0.15, 0.2) is 0 Å². The normalized spacial score (nSPS) is 10.9. The van der Waals surface area contributed by atoms with Gasteiger partial charge in [-0.15, -0.1) is 10.2 Å². The van der Waals surface area contributed by atoms with Gasteiger partial charge in [0, 0.05) is 13.7 Å². The van der Waals surface area contributed by atoms with Crippen LogP contribution in [0.25, 0.3) is 0 Å². The number of tetrazole rings is 1. The summed E-state index contributed by atoms with van der Waals surface area (Å²) in [4.78, 5) is 11.1. The van der Waals surface area contributed by atoms with Crippen LogP contribution in [0, 0.1) is 0 Å². The highest BCUT2D eigenvalue weighted by molar-refractivity contribution is 5.86. The third-order valence-electron chi connectivity index (χ3n) is 2.65. The van der Waals surface area contributed by atoms with Gasteiger partial charge in [0.15, 0.2) is 11.5 Å². The number of carbonyl (C=O) groups is 1. The zero-order chi connectivity index (χ0) is 14.5. The van der Waals surface area contributed by atoms with Crippen LogP contribution in [-0.4, -0.2) is 53.4 Å². The molecule has 1 N–H and O–H groups in total. The van der Waals surface area contributed by atoms with Crippen LogP contribution in [0.3, 0.4) is 0 Å². The fourth-order valence-electron chi connectivity index (χ4n) is 1.76. The lowest BCUT2D eigenvalue weighted by Crippen LogP contribution is -2.14.